The maximum Gasteiger partial charge on any atom is 0.127 e. The number of aliphatic hydroxyl groups is 1. The topological polar surface area (TPSA) is 49.7 Å². The summed E-state index contributed by atoms with van der Waals surface area (Å²) in [4.78, 5) is 0. The second-order valence-electron chi connectivity index (χ2n) is 5.72. The van der Waals surface area contributed by atoms with E-state index in [9.17, 15) is 0 Å². The summed E-state index contributed by atoms with van der Waals surface area (Å²) in [6.07, 6.45) is 0. The van der Waals surface area contributed by atoms with Crippen molar-refractivity contribution < 1.29 is 14.9 Å². The minimum atomic E-state index is 0.322. The van der Waals surface area contributed by atoms with E-state index in [-0.39, 0.29) is 0 Å². The molecule has 0 amide bonds. The Morgan fingerprint density at radius 1 is 0.405 bits per heavy atom. The fourth-order valence-corrected chi connectivity index (χ4v) is 2.08. The van der Waals surface area contributed by atoms with Crippen LogP contribution in [0.15, 0.2) is 121 Å². The number of hydrogen-bond acceptors (Lipinski definition) is 3. The molecule has 0 fully saturated rings. The van der Waals surface area contributed by atoms with Gasteiger partial charge in [0.1, 0.15) is 17.2 Å². The highest BCUT2D eigenvalue weighted by Gasteiger charge is 1.92. The van der Waals surface area contributed by atoms with Gasteiger partial charge in [-0.3, -0.25) is 0 Å². The molecule has 0 saturated heterocycles. The Morgan fingerprint density at radius 2 is 0.649 bits per heavy atom. The third kappa shape index (κ3) is 28.6. The summed E-state index contributed by atoms with van der Waals surface area (Å²) in [5.74, 6) is 2.06. The maximum atomic E-state index is 8.63. The molecule has 4 aromatic rings. The zero-order valence-corrected chi connectivity index (χ0v) is 24.8. The normalized spacial score (nSPS) is 7.43. The minimum absolute atomic E-state index is 0.322. The molecular formula is C34H52O3. The first kappa shape index (κ1) is 40.6. The van der Waals surface area contributed by atoms with Gasteiger partial charge < -0.3 is 14.9 Å². The number of phenols is 1. The zero-order valence-electron chi connectivity index (χ0n) is 24.8. The lowest BCUT2D eigenvalue weighted by Gasteiger charge is -2.03. The number of aromatic hydroxyl groups is 1. The van der Waals surface area contributed by atoms with E-state index in [1.165, 1.54) is 5.56 Å². The molecular weight excluding hydrogens is 456 g/mol. The van der Waals surface area contributed by atoms with Gasteiger partial charge in [-0.1, -0.05) is 146 Å². The van der Waals surface area contributed by atoms with Crippen molar-refractivity contribution in [3.63, 3.8) is 0 Å². The molecule has 0 aliphatic rings. The van der Waals surface area contributed by atoms with Gasteiger partial charge in [0.05, 0.1) is 0 Å². The fraction of sp³-hybridized carbons (Fsp3) is 0.294. The molecule has 0 aromatic heterocycles. The average Bonchev–Trinajstić information content (AvgIpc) is 3.01. The lowest BCUT2D eigenvalue weighted by atomic mass is 10.2. The van der Waals surface area contributed by atoms with Crippen molar-refractivity contribution in [3.05, 3.63) is 127 Å². The Balaban J connectivity index is -0.000000197. The van der Waals surface area contributed by atoms with E-state index in [2.05, 4.69) is 19.1 Å². The van der Waals surface area contributed by atoms with Gasteiger partial charge in [-0.15, -0.1) is 0 Å². The molecule has 0 bridgehead atoms. The van der Waals surface area contributed by atoms with E-state index in [0.29, 0.717) is 5.75 Å². The van der Waals surface area contributed by atoms with Crippen LogP contribution in [0.3, 0.4) is 0 Å². The lowest BCUT2D eigenvalue weighted by Crippen LogP contribution is -1.81. The molecule has 0 aliphatic heterocycles. The Labute approximate surface area is 228 Å². The largest absolute Gasteiger partial charge is 0.508 e. The highest BCUT2D eigenvalue weighted by molar-refractivity contribution is 5.30. The van der Waals surface area contributed by atoms with Gasteiger partial charge in [-0.05, 0) is 43.3 Å². The van der Waals surface area contributed by atoms with Crippen molar-refractivity contribution in [1.82, 2.24) is 0 Å². The quantitative estimate of drug-likeness (QED) is 0.283. The predicted octanol–water partition coefficient (Wildman–Crippen LogP) is 10.6. The van der Waals surface area contributed by atoms with Crippen LogP contribution in [-0.4, -0.2) is 17.3 Å². The Bertz CT molecular complexity index is 775. The van der Waals surface area contributed by atoms with E-state index < -0.39 is 0 Å². The highest BCUT2D eigenvalue weighted by Crippen LogP contribution is 2.19. The van der Waals surface area contributed by atoms with Crippen LogP contribution >= 0.6 is 0 Å². The molecule has 0 saturated carbocycles. The maximum absolute atomic E-state index is 8.63. The van der Waals surface area contributed by atoms with Gasteiger partial charge >= 0.3 is 0 Å². The number of ether oxygens (including phenoxy) is 1. The van der Waals surface area contributed by atoms with Crippen LogP contribution in [0.5, 0.6) is 17.2 Å². The molecule has 0 atom stereocenters. The molecule has 2 N–H and O–H groups in total. The van der Waals surface area contributed by atoms with Crippen molar-refractivity contribution >= 4 is 0 Å². The van der Waals surface area contributed by atoms with E-state index in [4.69, 9.17) is 14.9 Å². The van der Waals surface area contributed by atoms with Crippen LogP contribution in [0.2, 0.25) is 0 Å². The monoisotopic (exact) mass is 508 g/mol. The third-order valence-electron chi connectivity index (χ3n) is 3.42. The molecule has 4 aromatic carbocycles. The summed E-state index contributed by atoms with van der Waals surface area (Å²) < 4.78 is 5.58. The van der Waals surface area contributed by atoms with Crippen molar-refractivity contribution in [1.29, 1.82) is 0 Å². The second-order valence-corrected chi connectivity index (χ2v) is 5.72. The Kier molecular flexibility index (Phi) is 40.6. The highest BCUT2D eigenvalue weighted by atomic mass is 16.5. The number of aryl methyl sites for hydroxylation is 1. The average molecular weight is 509 g/mol. The molecule has 206 valence electrons. The molecule has 0 aliphatic carbocycles. The summed E-state index contributed by atoms with van der Waals surface area (Å²) in [7, 11) is 1.00. The van der Waals surface area contributed by atoms with E-state index >= 15 is 0 Å². The predicted molar refractivity (Wildman–Crippen MR) is 166 cm³/mol. The fourth-order valence-electron chi connectivity index (χ4n) is 2.08. The van der Waals surface area contributed by atoms with Crippen LogP contribution in [0.4, 0.5) is 0 Å². The number of para-hydroxylation sites is 3. The van der Waals surface area contributed by atoms with Crippen LogP contribution in [0, 0.1) is 6.92 Å². The van der Waals surface area contributed by atoms with Crippen molar-refractivity contribution in [2.75, 3.05) is 7.11 Å². The third-order valence-corrected chi connectivity index (χ3v) is 3.42. The number of phenolic OH excluding ortho intramolecular Hbond substituents is 1. The van der Waals surface area contributed by atoms with Gasteiger partial charge in [0.2, 0.25) is 0 Å². The standard InChI is InChI=1S/C12H10O.C7H8.C6H6O.4C2H6.CH4O/c1-3-7-11(8-4-1)13-12-9-5-2-6-10-12;1-7-5-3-2-4-6-7;7-6-4-2-1-3-5-6;5*1-2/h1-10H;2-6H,1H3;1-5,7H;4*1-2H3;2H,1H3. The van der Waals surface area contributed by atoms with Gasteiger partial charge in [0, 0.05) is 7.11 Å². The van der Waals surface area contributed by atoms with E-state index in [0.717, 1.165) is 18.6 Å². The van der Waals surface area contributed by atoms with Crippen molar-refractivity contribution in [2.45, 2.75) is 62.3 Å². The Morgan fingerprint density at radius 3 is 0.838 bits per heavy atom. The molecule has 3 nitrogen and oxygen atoms in total. The molecule has 0 radical (unpaired) electrons. The first-order valence-electron chi connectivity index (χ1n) is 13.2. The van der Waals surface area contributed by atoms with E-state index in [1.807, 2.05) is 140 Å². The van der Waals surface area contributed by atoms with Crippen LogP contribution in [-0.2, 0) is 0 Å². The number of hydrogen-bond donors (Lipinski definition) is 2. The number of benzene rings is 4. The molecule has 0 spiro atoms. The first-order valence-corrected chi connectivity index (χ1v) is 13.2. The number of aliphatic hydroxyl groups excluding tert-OH is 1. The molecule has 37 heavy (non-hydrogen) atoms. The first-order chi connectivity index (χ1) is 18.2. The van der Waals surface area contributed by atoms with Gasteiger partial charge in [-0.2, -0.15) is 0 Å². The smallest absolute Gasteiger partial charge is 0.127 e. The minimum Gasteiger partial charge on any atom is -0.508 e. The zero-order chi connectivity index (χ0) is 29.2. The van der Waals surface area contributed by atoms with Crippen LogP contribution in [0.1, 0.15) is 61.0 Å². The summed E-state index contributed by atoms with van der Waals surface area (Å²) in [6, 6.07) is 38.5. The lowest BCUT2D eigenvalue weighted by molar-refractivity contribution is 0.399. The number of rotatable bonds is 2. The summed E-state index contributed by atoms with van der Waals surface area (Å²) in [6.45, 7) is 18.1. The van der Waals surface area contributed by atoms with Crippen LogP contribution in [0.25, 0.3) is 0 Å². The van der Waals surface area contributed by atoms with Crippen molar-refractivity contribution in [3.8, 4) is 17.2 Å². The van der Waals surface area contributed by atoms with Crippen molar-refractivity contribution in [2.24, 2.45) is 0 Å². The summed E-state index contributed by atoms with van der Waals surface area (Å²) >= 11 is 0. The summed E-state index contributed by atoms with van der Waals surface area (Å²) in [5, 5.41) is 15.6. The SMILES string of the molecule is CC.CC.CC.CC.CO.Cc1ccccc1.Oc1ccccc1.c1ccc(Oc2ccccc2)cc1. The molecule has 4 rings (SSSR count). The van der Waals surface area contributed by atoms with Gasteiger partial charge in [0.25, 0.3) is 0 Å². The van der Waals surface area contributed by atoms with Gasteiger partial charge in [0.15, 0.2) is 0 Å². The van der Waals surface area contributed by atoms with E-state index in [1.54, 1.807) is 24.3 Å². The Hall–Kier alpha value is -3.56. The summed E-state index contributed by atoms with van der Waals surface area (Å²) in [5.41, 5.74) is 1.32. The molecule has 0 unspecified atom stereocenters. The molecule has 0 heterocycles. The molecule has 3 heteroatoms. The van der Waals surface area contributed by atoms with Crippen LogP contribution < -0.4 is 4.74 Å². The van der Waals surface area contributed by atoms with Gasteiger partial charge in [-0.25, -0.2) is 0 Å². The second kappa shape index (κ2) is 37.0.